The lowest BCUT2D eigenvalue weighted by Gasteiger charge is -2.28. The van der Waals surface area contributed by atoms with E-state index in [1.165, 1.54) is 21.8 Å². The highest BCUT2D eigenvalue weighted by atomic mass is 16.3. The molecule has 9 aromatic carbocycles. The van der Waals surface area contributed by atoms with Crippen molar-refractivity contribution >= 4 is 73.0 Å². The van der Waals surface area contributed by atoms with E-state index >= 15 is 0 Å². The number of benzene rings is 9. The van der Waals surface area contributed by atoms with E-state index in [2.05, 4.69) is 161 Å². The Morgan fingerprint density at radius 1 is 0.323 bits per heavy atom. The summed E-state index contributed by atoms with van der Waals surface area (Å²) in [7, 11) is 0. The Morgan fingerprint density at radius 2 is 0.892 bits per heavy atom. The van der Waals surface area contributed by atoms with Crippen molar-refractivity contribution in [3.05, 3.63) is 223 Å². The van der Waals surface area contributed by atoms with Gasteiger partial charge in [-0.25, -0.2) is 15.0 Å². The molecular formula is C59H37N5O. The van der Waals surface area contributed by atoms with Crippen LogP contribution in [0.25, 0.3) is 107 Å². The van der Waals surface area contributed by atoms with Crippen molar-refractivity contribution in [2.24, 2.45) is 0 Å². The van der Waals surface area contributed by atoms with Crippen LogP contribution in [0.2, 0.25) is 0 Å². The molecule has 0 amide bonds. The first-order chi connectivity index (χ1) is 32.2. The molecule has 0 unspecified atom stereocenters. The number of para-hydroxylation sites is 3. The van der Waals surface area contributed by atoms with Crippen molar-refractivity contribution in [1.29, 1.82) is 0 Å². The van der Waals surface area contributed by atoms with Gasteiger partial charge in [0.1, 0.15) is 11.2 Å². The fourth-order valence-corrected chi connectivity index (χ4v) is 9.49. The third kappa shape index (κ3) is 6.22. The number of hydrogen-bond acceptors (Lipinski definition) is 5. The van der Waals surface area contributed by atoms with Crippen LogP contribution in [0.15, 0.2) is 217 Å². The third-order valence-electron chi connectivity index (χ3n) is 12.6. The molecule has 0 fully saturated rings. The maximum absolute atomic E-state index is 6.45. The number of furan rings is 1. The largest absolute Gasteiger partial charge is 0.456 e. The van der Waals surface area contributed by atoms with E-state index in [0.29, 0.717) is 17.5 Å². The van der Waals surface area contributed by atoms with Gasteiger partial charge in [0.05, 0.1) is 22.4 Å². The Labute approximate surface area is 374 Å². The standard InChI is InChI=1S/C59H37N5O/c1-4-15-38(16-5-1)57-60-58(39-17-6-2-7-18-39)62-59(61-57)44-19-14-22-46(34-44)64-51-31-29-40(33-42(51)27-28-43-36-56-50(37-54(43)64)48-24-11-13-26-55(48)65-56)41-30-32-53-49(35-41)47-23-10-12-25-52(47)63(53)45-20-8-3-9-21-45/h1-37H. The van der Waals surface area contributed by atoms with Gasteiger partial charge in [0.15, 0.2) is 17.5 Å². The van der Waals surface area contributed by atoms with Gasteiger partial charge in [0, 0.05) is 55.2 Å². The Balaban J connectivity index is 0.982. The minimum Gasteiger partial charge on any atom is -0.456 e. The van der Waals surface area contributed by atoms with Gasteiger partial charge in [-0.3, -0.25) is 0 Å². The molecule has 304 valence electrons. The summed E-state index contributed by atoms with van der Waals surface area (Å²) in [5.41, 5.74) is 15.5. The fraction of sp³-hybridized carbons (Fsp3) is 0. The molecule has 1 aliphatic heterocycles. The first-order valence-corrected chi connectivity index (χ1v) is 21.8. The number of fused-ring (bicyclic) bond motifs is 8. The van der Waals surface area contributed by atoms with Crippen LogP contribution >= 0.6 is 0 Å². The van der Waals surface area contributed by atoms with Crippen molar-refractivity contribution in [1.82, 2.24) is 19.5 Å². The molecule has 0 aliphatic carbocycles. The van der Waals surface area contributed by atoms with Gasteiger partial charge in [-0.05, 0) is 89.5 Å². The minimum absolute atomic E-state index is 0.601. The molecule has 0 atom stereocenters. The number of rotatable bonds is 6. The first-order valence-electron chi connectivity index (χ1n) is 21.8. The molecule has 0 saturated carbocycles. The smallest absolute Gasteiger partial charge is 0.164 e. The second-order valence-electron chi connectivity index (χ2n) is 16.5. The maximum atomic E-state index is 6.45. The van der Waals surface area contributed by atoms with Gasteiger partial charge in [0.2, 0.25) is 0 Å². The zero-order valence-corrected chi connectivity index (χ0v) is 35.0. The number of anilines is 3. The molecule has 3 aromatic heterocycles. The highest BCUT2D eigenvalue weighted by Gasteiger charge is 2.24. The lowest BCUT2D eigenvalue weighted by atomic mass is 9.99. The van der Waals surface area contributed by atoms with E-state index in [9.17, 15) is 0 Å². The van der Waals surface area contributed by atoms with Crippen LogP contribution in [0.1, 0.15) is 11.1 Å². The van der Waals surface area contributed by atoms with Gasteiger partial charge < -0.3 is 13.9 Å². The lowest BCUT2D eigenvalue weighted by molar-refractivity contribution is 0.669. The molecule has 1 aliphatic rings. The van der Waals surface area contributed by atoms with Gasteiger partial charge in [0.25, 0.3) is 0 Å². The molecule has 4 heterocycles. The monoisotopic (exact) mass is 831 g/mol. The summed E-state index contributed by atoms with van der Waals surface area (Å²) in [6.07, 6.45) is 4.45. The van der Waals surface area contributed by atoms with Gasteiger partial charge in [-0.15, -0.1) is 0 Å². The highest BCUT2D eigenvalue weighted by Crippen LogP contribution is 2.47. The van der Waals surface area contributed by atoms with Crippen LogP contribution in [0.5, 0.6) is 0 Å². The number of hydrogen-bond donors (Lipinski definition) is 0. The third-order valence-corrected chi connectivity index (χ3v) is 12.6. The topological polar surface area (TPSA) is 60.0 Å². The van der Waals surface area contributed by atoms with Crippen molar-refractivity contribution in [2.75, 3.05) is 4.90 Å². The van der Waals surface area contributed by atoms with Crippen LogP contribution < -0.4 is 4.90 Å². The van der Waals surface area contributed by atoms with Crippen LogP contribution in [0, 0.1) is 0 Å². The summed E-state index contributed by atoms with van der Waals surface area (Å²) in [4.78, 5) is 17.5. The van der Waals surface area contributed by atoms with Crippen LogP contribution in [0.3, 0.4) is 0 Å². The summed E-state index contributed by atoms with van der Waals surface area (Å²) in [5, 5.41) is 4.59. The van der Waals surface area contributed by atoms with Gasteiger partial charge in [-0.2, -0.15) is 0 Å². The van der Waals surface area contributed by atoms with Crippen molar-refractivity contribution < 1.29 is 4.42 Å². The van der Waals surface area contributed by atoms with Crippen LogP contribution in [-0.2, 0) is 0 Å². The Bertz CT molecular complexity index is 3780. The van der Waals surface area contributed by atoms with E-state index in [4.69, 9.17) is 19.4 Å². The molecule has 12 aromatic rings. The lowest BCUT2D eigenvalue weighted by Crippen LogP contribution is -2.12. The number of nitrogens with zero attached hydrogens (tertiary/aromatic N) is 5. The average molecular weight is 832 g/mol. The zero-order valence-electron chi connectivity index (χ0n) is 35.0. The molecule has 0 bridgehead atoms. The predicted octanol–water partition coefficient (Wildman–Crippen LogP) is 15.5. The molecule has 0 radical (unpaired) electrons. The molecule has 65 heavy (non-hydrogen) atoms. The van der Waals surface area contributed by atoms with E-state index in [-0.39, 0.29) is 0 Å². The summed E-state index contributed by atoms with van der Waals surface area (Å²) < 4.78 is 8.81. The van der Waals surface area contributed by atoms with Crippen molar-refractivity contribution in [3.63, 3.8) is 0 Å². The van der Waals surface area contributed by atoms with E-state index < -0.39 is 0 Å². The van der Waals surface area contributed by atoms with E-state index in [0.717, 1.165) is 83.6 Å². The van der Waals surface area contributed by atoms with E-state index in [1.807, 2.05) is 72.8 Å². The molecular weight excluding hydrogens is 795 g/mol. The predicted molar refractivity (Wildman–Crippen MR) is 267 cm³/mol. The molecule has 6 heteroatoms. The Kier molecular flexibility index (Phi) is 8.42. The van der Waals surface area contributed by atoms with Crippen molar-refractivity contribution in [3.8, 4) is 51.0 Å². The normalized spacial score (nSPS) is 12.2. The zero-order chi connectivity index (χ0) is 42.8. The van der Waals surface area contributed by atoms with Crippen LogP contribution in [-0.4, -0.2) is 19.5 Å². The Hall–Kier alpha value is -8.87. The molecule has 0 spiro atoms. The summed E-state index contributed by atoms with van der Waals surface area (Å²) in [6.45, 7) is 0. The quantitative estimate of drug-likeness (QED) is 0.167. The Morgan fingerprint density at radius 3 is 1.65 bits per heavy atom. The summed E-state index contributed by atoms with van der Waals surface area (Å²) >= 11 is 0. The number of aromatic nitrogens is 4. The average Bonchev–Trinajstić information content (AvgIpc) is 3.86. The molecule has 0 saturated heterocycles. The summed E-state index contributed by atoms with van der Waals surface area (Å²) in [5.74, 6) is 1.85. The first kappa shape index (κ1) is 36.8. The molecule has 0 N–H and O–H groups in total. The maximum Gasteiger partial charge on any atom is 0.164 e. The molecule has 13 rings (SSSR count). The molecule has 6 nitrogen and oxygen atoms in total. The van der Waals surface area contributed by atoms with Gasteiger partial charge in [-0.1, -0.05) is 152 Å². The highest BCUT2D eigenvalue weighted by molar-refractivity contribution is 6.11. The van der Waals surface area contributed by atoms with Crippen molar-refractivity contribution in [2.45, 2.75) is 0 Å². The second kappa shape index (κ2) is 14.9. The second-order valence-corrected chi connectivity index (χ2v) is 16.5. The summed E-state index contributed by atoms with van der Waals surface area (Å²) in [6, 6.07) is 74.4. The minimum atomic E-state index is 0.601. The van der Waals surface area contributed by atoms with Gasteiger partial charge >= 0.3 is 0 Å². The SMILES string of the molecule is C1=Cc2cc3oc4ccccc4c3cc2N(c2cccc(-c3nc(-c4ccccc4)nc(-c4ccccc4)n3)c2)c2ccc(-c3ccc4c(c3)c3ccccc3n4-c3ccccc3)cc21. The fourth-order valence-electron chi connectivity index (χ4n) is 9.49. The van der Waals surface area contributed by atoms with Crippen LogP contribution in [0.4, 0.5) is 17.1 Å². The van der Waals surface area contributed by atoms with E-state index in [1.54, 1.807) is 0 Å².